The normalized spacial score (nSPS) is 18.9. The van der Waals surface area contributed by atoms with Crippen LogP contribution in [0.1, 0.15) is 17.3 Å². The fourth-order valence-corrected chi connectivity index (χ4v) is 2.70. The third-order valence-corrected chi connectivity index (χ3v) is 4.04. The van der Waals surface area contributed by atoms with Crippen LogP contribution in [-0.2, 0) is 0 Å². The zero-order chi connectivity index (χ0) is 14.9. The zero-order valence-electron chi connectivity index (χ0n) is 10.7. The van der Waals surface area contributed by atoms with Gasteiger partial charge >= 0.3 is 0 Å². The largest absolute Gasteiger partial charge is 0.333 e. The molecule has 1 amide bonds. The highest BCUT2D eigenvalue weighted by Crippen LogP contribution is 2.31. The average Bonchev–Trinajstić information content (AvgIpc) is 2.40. The molecule has 0 aromatic heterocycles. The average molecular weight is 346 g/mol. The van der Waals surface area contributed by atoms with Crippen LogP contribution >= 0.6 is 15.9 Å². The fourth-order valence-electron chi connectivity index (χ4n) is 2.16. The van der Waals surface area contributed by atoms with Crippen LogP contribution in [0.4, 0.5) is 10.1 Å². The minimum Gasteiger partial charge on any atom is -0.333 e. The Morgan fingerprint density at radius 2 is 2.30 bits per heavy atom. The third kappa shape index (κ3) is 2.80. The lowest BCUT2D eigenvalue weighted by atomic mass is 10.1. The molecule has 6 nitrogen and oxygen atoms in total. The van der Waals surface area contributed by atoms with Crippen molar-refractivity contribution < 1.29 is 14.1 Å². The highest BCUT2D eigenvalue weighted by atomic mass is 79.9. The van der Waals surface area contributed by atoms with Gasteiger partial charge in [0.25, 0.3) is 11.6 Å². The molecule has 0 spiro atoms. The fraction of sp³-hybridized carbons (Fsp3) is 0.417. The quantitative estimate of drug-likeness (QED) is 0.656. The minimum absolute atomic E-state index is 0.0135. The summed E-state index contributed by atoms with van der Waals surface area (Å²) < 4.78 is 13.5. The Morgan fingerprint density at radius 1 is 1.60 bits per heavy atom. The second-order valence-electron chi connectivity index (χ2n) is 4.60. The van der Waals surface area contributed by atoms with Crippen LogP contribution in [0.5, 0.6) is 0 Å². The number of hydrogen-bond donors (Lipinski definition) is 1. The number of halogens is 2. The topological polar surface area (TPSA) is 75.5 Å². The van der Waals surface area contributed by atoms with E-state index in [1.165, 1.54) is 0 Å². The van der Waals surface area contributed by atoms with E-state index in [0.29, 0.717) is 19.6 Å². The Kier molecular flexibility index (Phi) is 4.34. The highest BCUT2D eigenvalue weighted by Gasteiger charge is 2.29. The summed E-state index contributed by atoms with van der Waals surface area (Å²) in [6.45, 7) is 3.63. The maximum absolute atomic E-state index is 13.5. The van der Waals surface area contributed by atoms with E-state index in [9.17, 15) is 19.3 Å². The molecule has 0 saturated carbocycles. The molecule has 1 heterocycles. The van der Waals surface area contributed by atoms with Crippen LogP contribution < -0.4 is 5.32 Å². The van der Waals surface area contributed by atoms with Gasteiger partial charge in [-0.15, -0.1) is 0 Å². The lowest BCUT2D eigenvalue weighted by Crippen LogP contribution is -2.52. The summed E-state index contributed by atoms with van der Waals surface area (Å²) in [4.78, 5) is 24.2. The Labute approximate surface area is 123 Å². The number of nitro groups is 1. The van der Waals surface area contributed by atoms with Crippen molar-refractivity contribution >= 4 is 27.5 Å². The van der Waals surface area contributed by atoms with Crippen LogP contribution in [0.3, 0.4) is 0 Å². The van der Waals surface area contributed by atoms with Gasteiger partial charge in [-0.2, -0.15) is 0 Å². The molecule has 1 aliphatic rings. The summed E-state index contributed by atoms with van der Waals surface area (Å²) in [5.74, 6) is -1.21. The lowest BCUT2D eigenvalue weighted by Gasteiger charge is -2.34. The summed E-state index contributed by atoms with van der Waals surface area (Å²) in [7, 11) is 0. The first-order valence-electron chi connectivity index (χ1n) is 6.07. The first-order valence-corrected chi connectivity index (χ1v) is 6.86. The van der Waals surface area contributed by atoms with Gasteiger partial charge in [0.05, 0.1) is 16.6 Å². The van der Waals surface area contributed by atoms with Crippen LogP contribution in [0, 0.1) is 15.9 Å². The van der Waals surface area contributed by atoms with E-state index in [1.54, 1.807) is 4.90 Å². The van der Waals surface area contributed by atoms with Crippen molar-refractivity contribution in [2.45, 2.75) is 13.0 Å². The number of nitrogens with one attached hydrogen (secondary N) is 1. The maximum Gasteiger partial charge on any atom is 0.287 e. The number of nitro benzene ring substituents is 1. The predicted octanol–water partition coefficient (Wildman–Crippen LogP) is 1.93. The van der Waals surface area contributed by atoms with Crippen molar-refractivity contribution in [2.75, 3.05) is 19.6 Å². The molecule has 0 bridgehead atoms. The highest BCUT2D eigenvalue weighted by molar-refractivity contribution is 9.10. The molecule has 0 radical (unpaired) electrons. The number of carbonyl (C=O) groups is 1. The first kappa shape index (κ1) is 14.9. The molecule has 1 saturated heterocycles. The molecule has 20 heavy (non-hydrogen) atoms. The van der Waals surface area contributed by atoms with Crippen molar-refractivity contribution in [2.24, 2.45) is 0 Å². The Morgan fingerprint density at radius 3 is 2.90 bits per heavy atom. The molecule has 8 heteroatoms. The second kappa shape index (κ2) is 5.84. The summed E-state index contributed by atoms with van der Waals surface area (Å²) in [6.07, 6.45) is 0. The summed E-state index contributed by atoms with van der Waals surface area (Å²) >= 11 is 3.03. The smallest absolute Gasteiger partial charge is 0.287 e. The summed E-state index contributed by atoms with van der Waals surface area (Å²) in [5.41, 5.74) is -0.471. The molecular formula is C12H13BrFN3O3. The maximum atomic E-state index is 13.5. The van der Waals surface area contributed by atoms with Gasteiger partial charge in [0, 0.05) is 25.7 Å². The van der Waals surface area contributed by atoms with Crippen LogP contribution in [0.2, 0.25) is 0 Å². The molecule has 0 unspecified atom stereocenters. The van der Waals surface area contributed by atoms with Gasteiger partial charge in [0.15, 0.2) is 0 Å². The van der Waals surface area contributed by atoms with Crippen LogP contribution in [-0.4, -0.2) is 41.4 Å². The van der Waals surface area contributed by atoms with E-state index in [4.69, 9.17) is 0 Å². The Hall–Kier alpha value is -1.54. The molecule has 1 aliphatic heterocycles. The van der Waals surface area contributed by atoms with E-state index in [2.05, 4.69) is 21.2 Å². The van der Waals surface area contributed by atoms with Gasteiger partial charge in [-0.05, 0) is 28.9 Å². The molecule has 1 N–H and O–H groups in total. The van der Waals surface area contributed by atoms with Crippen molar-refractivity contribution in [1.82, 2.24) is 10.2 Å². The molecule has 1 atom stereocenters. The van der Waals surface area contributed by atoms with E-state index < -0.39 is 22.3 Å². The molecule has 0 aliphatic carbocycles. The van der Waals surface area contributed by atoms with Gasteiger partial charge < -0.3 is 10.2 Å². The number of piperazine rings is 1. The van der Waals surface area contributed by atoms with Crippen molar-refractivity contribution in [1.29, 1.82) is 0 Å². The van der Waals surface area contributed by atoms with E-state index in [0.717, 1.165) is 12.1 Å². The number of benzene rings is 1. The lowest BCUT2D eigenvalue weighted by molar-refractivity contribution is -0.385. The molecule has 1 aromatic rings. The van der Waals surface area contributed by atoms with Gasteiger partial charge in [0.2, 0.25) is 0 Å². The van der Waals surface area contributed by atoms with Crippen LogP contribution in [0.25, 0.3) is 0 Å². The van der Waals surface area contributed by atoms with Gasteiger partial charge in [-0.25, -0.2) is 4.39 Å². The van der Waals surface area contributed by atoms with Gasteiger partial charge in [0.1, 0.15) is 10.3 Å². The van der Waals surface area contributed by atoms with E-state index >= 15 is 0 Å². The number of rotatable bonds is 2. The third-order valence-electron chi connectivity index (χ3n) is 3.21. The molecule has 1 fully saturated rings. The Bertz CT molecular complexity index is 567. The Balaban J connectivity index is 2.41. The second-order valence-corrected chi connectivity index (χ2v) is 5.39. The molecule has 1 aromatic carbocycles. The number of amides is 1. The SMILES string of the molecule is C[C@@H]1CNCCN1C(=O)c1cc(F)cc([N+](=O)[O-])c1Br. The van der Waals surface area contributed by atoms with Crippen LogP contribution in [0.15, 0.2) is 16.6 Å². The molecule has 2 rings (SSSR count). The van der Waals surface area contributed by atoms with E-state index in [-0.39, 0.29) is 16.1 Å². The molecular weight excluding hydrogens is 333 g/mol. The number of nitrogens with zero attached hydrogens (tertiary/aromatic N) is 2. The number of carbonyl (C=O) groups excluding carboxylic acids is 1. The van der Waals surface area contributed by atoms with Gasteiger partial charge in [-0.3, -0.25) is 14.9 Å². The predicted molar refractivity (Wildman–Crippen MR) is 74.1 cm³/mol. The first-order chi connectivity index (χ1) is 9.41. The van der Waals surface area contributed by atoms with Crippen molar-refractivity contribution in [3.8, 4) is 0 Å². The van der Waals surface area contributed by atoms with Crippen molar-refractivity contribution in [3.05, 3.63) is 38.1 Å². The number of hydrogen-bond acceptors (Lipinski definition) is 4. The van der Waals surface area contributed by atoms with Gasteiger partial charge in [-0.1, -0.05) is 0 Å². The molecule has 108 valence electrons. The summed E-state index contributed by atoms with van der Waals surface area (Å²) in [5, 5.41) is 14.0. The summed E-state index contributed by atoms with van der Waals surface area (Å²) in [6, 6.07) is 1.77. The van der Waals surface area contributed by atoms with Crippen molar-refractivity contribution in [3.63, 3.8) is 0 Å². The zero-order valence-corrected chi connectivity index (χ0v) is 12.3. The van der Waals surface area contributed by atoms with E-state index in [1.807, 2.05) is 6.92 Å². The minimum atomic E-state index is -0.800. The monoisotopic (exact) mass is 345 g/mol. The standard InChI is InChI=1S/C12H13BrFN3O3/c1-7-6-15-2-3-16(7)12(18)9-4-8(14)5-10(11(9)13)17(19)20/h4-5,7,15H,2-3,6H2,1H3/t7-/m1/s1.